The largest absolute Gasteiger partial charge is 0.306 e. The van der Waals surface area contributed by atoms with Gasteiger partial charge in [0.05, 0.1) is 11.3 Å². The van der Waals surface area contributed by atoms with Crippen molar-refractivity contribution in [3.05, 3.63) is 73.8 Å². The molecule has 0 radical (unpaired) electrons. The Morgan fingerprint density at radius 3 is 2.72 bits per heavy atom. The van der Waals surface area contributed by atoms with Gasteiger partial charge in [0.25, 0.3) is 5.56 Å². The average Bonchev–Trinajstić information content (AvgIpc) is 3.10. The fourth-order valence-electron chi connectivity index (χ4n) is 3.27. The summed E-state index contributed by atoms with van der Waals surface area (Å²) < 4.78 is 0. The van der Waals surface area contributed by atoms with Crippen LogP contribution < -0.4 is 5.56 Å². The molecule has 1 aromatic carbocycles. The predicted molar refractivity (Wildman–Crippen MR) is 102 cm³/mol. The van der Waals surface area contributed by atoms with Gasteiger partial charge in [0.15, 0.2) is 0 Å². The number of aryl methyl sites for hydroxylation is 1. The average molecular weight is 351 g/mol. The SMILES string of the molecule is CCc1ccc(CN2CCc3nc(-c4ccccc4)[nH]c(=O)c3C2)s1. The van der Waals surface area contributed by atoms with Crippen LogP contribution in [0.2, 0.25) is 0 Å². The van der Waals surface area contributed by atoms with Crippen molar-refractivity contribution in [3.8, 4) is 11.4 Å². The second-order valence-electron chi connectivity index (χ2n) is 6.39. The summed E-state index contributed by atoms with van der Waals surface area (Å²) in [5, 5.41) is 0. The topological polar surface area (TPSA) is 49.0 Å². The number of H-pyrrole nitrogens is 1. The van der Waals surface area contributed by atoms with Gasteiger partial charge in [-0.1, -0.05) is 37.3 Å². The summed E-state index contributed by atoms with van der Waals surface area (Å²) in [5.41, 5.74) is 2.71. The molecule has 128 valence electrons. The Bertz CT molecular complexity index is 930. The van der Waals surface area contributed by atoms with E-state index in [0.29, 0.717) is 12.4 Å². The number of hydrogen-bond donors (Lipinski definition) is 1. The number of benzene rings is 1. The van der Waals surface area contributed by atoms with Crippen LogP contribution in [0.1, 0.15) is 27.9 Å². The van der Waals surface area contributed by atoms with Crippen LogP contribution in [0.25, 0.3) is 11.4 Å². The lowest BCUT2D eigenvalue weighted by atomic mass is 10.1. The maximum atomic E-state index is 12.6. The molecule has 4 nitrogen and oxygen atoms in total. The molecule has 5 heteroatoms. The van der Waals surface area contributed by atoms with Gasteiger partial charge < -0.3 is 4.98 Å². The van der Waals surface area contributed by atoms with Crippen LogP contribution >= 0.6 is 11.3 Å². The van der Waals surface area contributed by atoms with Gasteiger partial charge in [-0.3, -0.25) is 9.69 Å². The predicted octanol–water partition coefficient (Wildman–Crippen LogP) is 3.62. The highest BCUT2D eigenvalue weighted by Gasteiger charge is 2.21. The first-order valence-corrected chi connectivity index (χ1v) is 9.52. The van der Waals surface area contributed by atoms with E-state index in [9.17, 15) is 4.79 Å². The molecule has 0 spiro atoms. The summed E-state index contributed by atoms with van der Waals surface area (Å²) in [7, 11) is 0. The Labute approximate surface area is 151 Å². The van der Waals surface area contributed by atoms with Crippen LogP contribution in [-0.2, 0) is 25.9 Å². The van der Waals surface area contributed by atoms with Gasteiger partial charge in [-0.05, 0) is 18.6 Å². The molecule has 0 aliphatic carbocycles. The Balaban J connectivity index is 1.56. The fourth-order valence-corrected chi connectivity index (χ4v) is 4.27. The van der Waals surface area contributed by atoms with Crippen molar-refractivity contribution < 1.29 is 0 Å². The van der Waals surface area contributed by atoms with Crippen LogP contribution in [-0.4, -0.2) is 21.4 Å². The quantitative estimate of drug-likeness (QED) is 0.781. The zero-order valence-corrected chi connectivity index (χ0v) is 15.1. The lowest BCUT2D eigenvalue weighted by Gasteiger charge is -2.27. The standard InChI is InChI=1S/C20H21N3OS/c1-2-15-8-9-16(25-15)12-23-11-10-18-17(13-23)20(24)22-19(21-18)14-6-4-3-5-7-14/h3-9H,2,10-13H2,1H3,(H,21,22,24). The van der Waals surface area contributed by atoms with Crippen molar-refractivity contribution in [2.75, 3.05) is 6.54 Å². The first kappa shape index (κ1) is 16.2. The molecule has 0 amide bonds. The second kappa shape index (κ2) is 6.94. The van der Waals surface area contributed by atoms with E-state index in [-0.39, 0.29) is 5.56 Å². The Morgan fingerprint density at radius 1 is 1.16 bits per heavy atom. The van der Waals surface area contributed by atoms with Gasteiger partial charge >= 0.3 is 0 Å². The molecule has 3 heterocycles. The number of nitrogens with zero attached hydrogens (tertiary/aromatic N) is 2. The molecule has 3 aromatic rings. The summed E-state index contributed by atoms with van der Waals surface area (Å²) in [5.74, 6) is 0.670. The van der Waals surface area contributed by atoms with Crippen LogP contribution in [0.15, 0.2) is 47.3 Å². The van der Waals surface area contributed by atoms with Crippen LogP contribution in [0.3, 0.4) is 0 Å². The molecule has 0 atom stereocenters. The molecule has 2 aromatic heterocycles. The number of aromatic amines is 1. The number of hydrogen-bond acceptors (Lipinski definition) is 4. The van der Waals surface area contributed by atoms with Crippen molar-refractivity contribution in [3.63, 3.8) is 0 Å². The van der Waals surface area contributed by atoms with Crippen LogP contribution in [0.5, 0.6) is 0 Å². The minimum Gasteiger partial charge on any atom is -0.306 e. The third-order valence-electron chi connectivity index (χ3n) is 4.64. The maximum Gasteiger partial charge on any atom is 0.255 e. The molecule has 0 fully saturated rings. The molecule has 1 aliphatic rings. The Hall–Kier alpha value is -2.24. The number of fused-ring (bicyclic) bond motifs is 1. The zero-order valence-electron chi connectivity index (χ0n) is 14.3. The fraction of sp³-hybridized carbons (Fsp3) is 0.300. The van der Waals surface area contributed by atoms with Crippen LogP contribution in [0.4, 0.5) is 0 Å². The highest BCUT2D eigenvalue weighted by molar-refractivity contribution is 7.11. The van der Waals surface area contributed by atoms with Gasteiger partial charge in [-0.25, -0.2) is 4.98 Å². The van der Waals surface area contributed by atoms with Gasteiger partial charge in [0.1, 0.15) is 5.82 Å². The number of rotatable bonds is 4. The van der Waals surface area contributed by atoms with E-state index in [1.165, 1.54) is 9.75 Å². The molecule has 0 saturated carbocycles. The van der Waals surface area contributed by atoms with E-state index < -0.39 is 0 Å². The summed E-state index contributed by atoms with van der Waals surface area (Å²) in [6, 6.07) is 14.2. The van der Waals surface area contributed by atoms with Crippen molar-refractivity contribution in [1.29, 1.82) is 0 Å². The van der Waals surface area contributed by atoms with Gasteiger partial charge in [-0.15, -0.1) is 11.3 Å². The highest BCUT2D eigenvalue weighted by atomic mass is 32.1. The molecule has 0 bridgehead atoms. The first-order chi connectivity index (χ1) is 12.2. The van der Waals surface area contributed by atoms with E-state index in [1.807, 2.05) is 41.7 Å². The summed E-state index contributed by atoms with van der Waals surface area (Å²) in [6.07, 6.45) is 1.91. The minimum absolute atomic E-state index is 0.00557. The molecule has 0 saturated heterocycles. The Kier molecular flexibility index (Phi) is 4.51. The van der Waals surface area contributed by atoms with E-state index in [2.05, 4.69) is 28.9 Å². The first-order valence-electron chi connectivity index (χ1n) is 8.70. The molecular formula is C20H21N3OS. The van der Waals surface area contributed by atoms with Crippen LogP contribution in [0, 0.1) is 0 Å². The lowest BCUT2D eigenvalue weighted by molar-refractivity contribution is 0.244. The van der Waals surface area contributed by atoms with Gasteiger partial charge in [0, 0.05) is 41.4 Å². The molecule has 0 unspecified atom stereocenters. The maximum absolute atomic E-state index is 12.6. The normalized spacial score (nSPS) is 14.4. The molecular weight excluding hydrogens is 330 g/mol. The van der Waals surface area contributed by atoms with E-state index in [0.717, 1.165) is 42.8 Å². The number of thiophene rings is 1. The van der Waals surface area contributed by atoms with Crippen molar-refractivity contribution in [2.24, 2.45) is 0 Å². The molecule has 1 aliphatic heterocycles. The summed E-state index contributed by atoms with van der Waals surface area (Å²) >= 11 is 1.87. The monoisotopic (exact) mass is 351 g/mol. The van der Waals surface area contributed by atoms with Gasteiger partial charge in [0.2, 0.25) is 0 Å². The smallest absolute Gasteiger partial charge is 0.255 e. The minimum atomic E-state index is -0.00557. The van der Waals surface area contributed by atoms with Crippen molar-refractivity contribution in [2.45, 2.75) is 32.9 Å². The second-order valence-corrected chi connectivity index (χ2v) is 7.64. The van der Waals surface area contributed by atoms with Gasteiger partial charge in [-0.2, -0.15) is 0 Å². The summed E-state index contributed by atoms with van der Waals surface area (Å²) in [6.45, 7) is 4.70. The number of nitrogens with one attached hydrogen (secondary N) is 1. The number of aromatic nitrogens is 2. The zero-order chi connectivity index (χ0) is 17.2. The molecule has 4 rings (SSSR count). The van der Waals surface area contributed by atoms with Crippen molar-refractivity contribution >= 4 is 11.3 Å². The molecule has 1 N–H and O–H groups in total. The third-order valence-corrected chi connectivity index (χ3v) is 5.85. The van der Waals surface area contributed by atoms with E-state index in [1.54, 1.807) is 0 Å². The Morgan fingerprint density at radius 2 is 1.96 bits per heavy atom. The van der Waals surface area contributed by atoms with E-state index >= 15 is 0 Å². The third kappa shape index (κ3) is 3.43. The van der Waals surface area contributed by atoms with Crippen molar-refractivity contribution in [1.82, 2.24) is 14.9 Å². The lowest BCUT2D eigenvalue weighted by Crippen LogP contribution is -2.35. The summed E-state index contributed by atoms with van der Waals surface area (Å²) in [4.78, 5) is 25.4. The molecule has 25 heavy (non-hydrogen) atoms. The highest BCUT2D eigenvalue weighted by Crippen LogP contribution is 2.23. The van der Waals surface area contributed by atoms with E-state index in [4.69, 9.17) is 4.98 Å².